The predicted molar refractivity (Wildman–Crippen MR) is 75.2 cm³/mol. The summed E-state index contributed by atoms with van der Waals surface area (Å²) in [6.07, 6.45) is 2.04. The van der Waals surface area contributed by atoms with E-state index >= 15 is 0 Å². The van der Waals surface area contributed by atoms with Gasteiger partial charge in [-0.3, -0.25) is 14.9 Å². The molecule has 0 aromatic heterocycles. The number of urea groups is 1. The SMILES string of the molecule is CCCC1C(=O)NC(=O)N(c2ccc(CC)cc2)C1=O. The quantitative estimate of drug-likeness (QED) is 0.856. The van der Waals surface area contributed by atoms with Crippen LogP contribution in [-0.4, -0.2) is 17.8 Å². The highest BCUT2D eigenvalue weighted by Gasteiger charge is 2.40. The van der Waals surface area contributed by atoms with E-state index in [9.17, 15) is 14.4 Å². The van der Waals surface area contributed by atoms with Crippen molar-refractivity contribution < 1.29 is 14.4 Å². The van der Waals surface area contributed by atoms with Crippen LogP contribution < -0.4 is 10.2 Å². The molecular formula is C15H18N2O3. The lowest BCUT2D eigenvalue weighted by atomic mass is 9.98. The van der Waals surface area contributed by atoms with Gasteiger partial charge in [0, 0.05) is 0 Å². The van der Waals surface area contributed by atoms with Gasteiger partial charge >= 0.3 is 6.03 Å². The Hall–Kier alpha value is -2.17. The third-order valence-corrected chi connectivity index (χ3v) is 3.45. The molecule has 4 amide bonds. The number of rotatable bonds is 4. The first kappa shape index (κ1) is 14.2. The van der Waals surface area contributed by atoms with Gasteiger partial charge in [0.25, 0.3) is 0 Å². The number of anilines is 1. The molecule has 2 rings (SSSR count). The number of nitrogens with zero attached hydrogens (tertiary/aromatic N) is 1. The molecule has 1 atom stereocenters. The summed E-state index contributed by atoms with van der Waals surface area (Å²) in [5, 5.41) is 2.25. The fraction of sp³-hybridized carbons (Fsp3) is 0.400. The molecule has 1 fully saturated rings. The number of carbonyl (C=O) groups is 3. The van der Waals surface area contributed by atoms with Crippen molar-refractivity contribution in [3.05, 3.63) is 29.8 Å². The minimum Gasteiger partial charge on any atom is -0.277 e. The summed E-state index contributed by atoms with van der Waals surface area (Å²) >= 11 is 0. The van der Waals surface area contributed by atoms with Crippen molar-refractivity contribution in [1.29, 1.82) is 0 Å². The highest BCUT2D eigenvalue weighted by molar-refractivity contribution is 6.27. The first-order chi connectivity index (χ1) is 9.58. The van der Waals surface area contributed by atoms with Gasteiger partial charge in [0.05, 0.1) is 5.69 Å². The number of amides is 4. The van der Waals surface area contributed by atoms with Gasteiger partial charge in [0.1, 0.15) is 5.92 Å². The van der Waals surface area contributed by atoms with Crippen molar-refractivity contribution in [2.75, 3.05) is 4.90 Å². The maximum Gasteiger partial charge on any atom is 0.335 e. The second-order valence-corrected chi connectivity index (χ2v) is 4.83. The third kappa shape index (κ3) is 2.57. The molecule has 5 heteroatoms. The van der Waals surface area contributed by atoms with Crippen molar-refractivity contribution in [3.63, 3.8) is 0 Å². The van der Waals surface area contributed by atoms with E-state index in [2.05, 4.69) is 5.32 Å². The number of nitrogens with one attached hydrogen (secondary N) is 1. The van der Waals surface area contributed by atoms with Crippen LogP contribution in [-0.2, 0) is 16.0 Å². The standard InChI is InChI=1S/C15H18N2O3/c1-3-5-12-13(18)16-15(20)17(14(12)19)11-8-6-10(4-2)7-9-11/h6-9,12H,3-5H2,1-2H3,(H,16,18,20). The number of benzene rings is 1. The summed E-state index contributed by atoms with van der Waals surface area (Å²) < 4.78 is 0. The Morgan fingerprint density at radius 1 is 1.10 bits per heavy atom. The maximum atomic E-state index is 12.3. The zero-order valence-corrected chi connectivity index (χ0v) is 11.7. The number of imide groups is 2. The van der Waals surface area contributed by atoms with E-state index in [-0.39, 0.29) is 0 Å². The maximum absolute atomic E-state index is 12.3. The Morgan fingerprint density at radius 3 is 2.30 bits per heavy atom. The lowest BCUT2D eigenvalue weighted by molar-refractivity contribution is -0.134. The Balaban J connectivity index is 2.30. The fourth-order valence-electron chi connectivity index (χ4n) is 2.28. The van der Waals surface area contributed by atoms with Crippen molar-refractivity contribution in [2.45, 2.75) is 33.1 Å². The molecule has 0 saturated carbocycles. The minimum atomic E-state index is -0.774. The van der Waals surface area contributed by atoms with Gasteiger partial charge < -0.3 is 0 Å². The smallest absolute Gasteiger partial charge is 0.277 e. The predicted octanol–water partition coefficient (Wildman–Crippen LogP) is 2.25. The van der Waals surface area contributed by atoms with Crippen LogP contribution >= 0.6 is 0 Å². The Kier molecular flexibility index (Phi) is 4.17. The summed E-state index contributed by atoms with van der Waals surface area (Å²) in [5.74, 6) is -1.71. The molecule has 0 spiro atoms. The molecule has 20 heavy (non-hydrogen) atoms. The highest BCUT2D eigenvalue weighted by Crippen LogP contribution is 2.23. The van der Waals surface area contributed by atoms with Crippen LogP contribution in [0.5, 0.6) is 0 Å². The number of aryl methyl sites for hydroxylation is 1. The van der Waals surface area contributed by atoms with Gasteiger partial charge in [0.2, 0.25) is 11.8 Å². The van der Waals surface area contributed by atoms with Crippen LogP contribution in [0, 0.1) is 5.92 Å². The van der Waals surface area contributed by atoms with Crippen molar-refractivity contribution in [1.82, 2.24) is 5.32 Å². The summed E-state index contributed by atoms with van der Waals surface area (Å²) in [4.78, 5) is 37.0. The second kappa shape index (κ2) is 5.86. The van der Waals surface area contributed by atoms with E-state index in [4.69, 9.17) is 0 Å². The molecule has 5 nitrogen and oxygen atoms in total. The van der Waals surface area contributed by atoms with E-state index in [1.165, 1.54) is 0 Å². The summed E-state index contributed by atoms with van der Waals surface area (Å²) in [6.45, 7) is 3.93. The van der Waals surface area contributed by atoms with Gasteiger partial charge in [0.15, 0.2) is 0 Å². The number of hydrogen-bond acceptors (Lipinski definition) is 3. The van der Waals surface area contributed by atoms with Gasteiger partial charge in [-0.1, -0.05) is 32.4 Å². The topological polar surface area (TPSA) is 66.5 Å². The van der Waals surface area contributed by atoms with Crippen LogP contribution in [0.3, 0.4) is 0 Å². The van der Waals surface area contributed by atoms with Gasteiger partial charge in [-0.2, -0.15) is 0 Å². The lowest BCUT2D eigenvalue weighted by Crippen LogP contribution is -2.58. The molecule has 1 saturated heterocycles. The van der Waals surface area contributed by atoms with Crippen LogP contribution in [0.15, 0.2) is 24.3 Å². The van der Waals surface area contributed by atoms with Crippen LogP contribution in [0.25, 0.3) is 0 Å². The van der Waals surface area contributed by atoms with Gasteiger partial charge in [-0.05, 0) is 30.5 Å². The summed E-state index contributed by atoms with van der Waals surface area (Å²) in [7, 11) is 0. The monoisotopic (exact) mass is 274 g/mol. The summed E-state index contributed by atoms with van der Waals surface area (Å²) in [5.41, 5.74) is 1.62. The van der Waals surface area contributed by atoms with Crippen LogP contribution in [0.2, 0.25) is 0 Å². The van der Waals surface area contributed by atoms with E-state index < -0.39 is 23.8 Å². The van der Waals surface area contributed by atoms with E-state index in [1.54, 1.807) is 12.1 Å². The average molecular weight is 274 g/mol. The van der Waals surface area contributed by atoms with E-state index in [0.29, 0.717) is 18.5 Å². The van der Waals surface area contributed by atoms with Crippen molar-refractivity contribution in [2.24, 2.45) is 5.92 Å². The number of carbonyl (C=O) groups excluding carboxylic acids is 3. The number of barbiturate groups is 1. The number of hydrogen-bond donors (Lipinski definition) is 1. The normalized spacial score (nSPS) is 19.2. The van der Waals surface area contributed by atoms with Crippen molar-refractivity contribution in [3.8, 4) is 0 Å². The van der Waals surface area contributed by atoms with Crippen LogP contribution in [0.4, 0.5) is 10.5 Å². The molecule has 1 aliphatic heterocycles. The molecule has 106 valence electrons. The Morgan fingerprint density at radius 2 is 1.75 bits per heavy atom. The Bertz CT molecular complexity index is 537. The van der Waals surface area contributed by atoms with Gasteiger partial charge in [-0.15, -0.1) is 0 Å². The van der Waals surface area contributed by atoms with E-state index in [0.717, 1.165) is 16.9 Å². The molecule has 1 aliphatic rings. The summed E-state index contributed by atoms with van der Waals surface area (Å²) in [6, 6.07) is 6.54. The highest BCUT2D eigenvalue weighted by atomic mass is 16.2. The second-order valence-electron chi connectivity index (χ2n) is 4.83. The molecular weight excluding hydrogens is 256 g/mol. The molecule has 0 bridgehead atoms. The zero-order valence-electron chi connectivity index (χ0n) is 11.7. The van der Waals surface area contributed by atoms with Crippen LogP contribution in [0.1, 0.15) is 32.3 Å². The first-order valence-corrected chi connectivity index (χ1v) is 6.86. The molecule has 0 aliphatic carbocycles. The minimum absolute atomic E-state index is 0.440. The van der Waals surface area contributed by atoms with E-state index in [1.807, 2.05) is 26.0 Å². The first-order valence-electron chi connectivity index (χ1n) is 6.86. The zero-order chi connectivity index (χ0) is 14.7. The lowest BCUT2D eigenvalue weighted by Gasteiger charge is -2.30. The van der Waals surface area contributed by atoms with Gasteiger partial charge in [-0.25, -0.2) is 9.69 Å². The third-order valence-electron chi connectivity index (χ3n) is 3.45. The molecule has 1 heterocycles. The molecule has 1 unspecified atom stereocenters. The molecule has 1 aromatic carbocycles. The molecule has 0 radical (unpaired) electrons. The average Bonchev–Trinajstić information content (AvgIpc) is 2.44. The Labute approximate surface area is 118 Å². The van der Waals surface area contributed by atoms with Crippen molar-refractivity contribution >= 4 is 23.5 Å². The molecule has 1 aromatic rings. The molecule has 1 N–H and O–H groups in total. The fourth-order valence-corrected chi connectivity index (χ4v) is 2.28. The largest absolute Gasteiger partial charge is 0.335 e.